The Kier molecular flexibility index (Phi) is 6.08. The summed E-state index contributed by atoms with van der Waals surface area (Å²) in [6, 6.07) is 7.41. The van der Waals surface area contributed by atoms with E-state index in [2.05, 4.69) is 26.2 Å². The molecule has 28 heavy (non-hydrogen) atoms. The molecule has 2 aromatic rings. The molecule has 1 fully saturated rings. The molecule has 1 heterocycles. The standard InChI is InChI=1S/C22H23BrN2O3/c1-12-8-13(2)19(14(3)9-12)20-18(26)10-15(21(20)27)6-7-24-22(28)17-5-4-16(23)11-25-17/h4-5,8-9,11,15,20H,6-7,10H2,1-3H3,(H,24,28)/t15-,20?/m0/s1. The van der Waals surface area contributed by atoms with Crippen molar-refractivity contribution >= 4 is 33.4 Å². The average Bonchev–Trinajstić information content (AvgIpc) is 2.89. The molecule has 2 atom stereocenters. The number of nitrogens with zero attached hydrogens (tertiary/aromatic N) is 1. The number of halogens is 1. The summed E-state index contributed by atoms with van der Waals surface area (Å²) in [5.41, 5.74) is 4.27. The number of amides is 1. The Hall–Kier alpha value is -2.34. The Morgan fingerprint density at radius 3 is 2.46 bits per heavy atom. The lowest BCUT2D eigenvalue weighted by Gasteiger charge is -2.16. The van der Waals surface area contributed by atoms with Gasteiger partial charge in [0, 0.05) is 29.6 Å². The first-order valence-corrected chi connectivity index (χ1v) is 10.1. The zero-order valence-corrected chi connectivity index (χ0v) is 17.8. The van der Waals surface area contributed by atoms with E-state index in [1.165, 1.54) is 0 Å². The van der Waals surface area contributed by atoms with Crippen molar-refractivity contribution in [2.45, 2.75) is 39.5 Å². The van der Waals surface area contributed by atoms with E-state index in [-0.39, 0.29) is 29.8 Å². The summed E-state index contributed by atoms with van der Waals surface area (Å²) in [6.07, 6.45) is 2.25. The highest BCUT2D eigenvalue weighted by molar-refractivity contribution is 9.10. The highest BCUT2D eigenvalue weighted by Crippen LogP contribution is 2.37. The van der Waals surface area contributed by atoms with Crippen LogP contribution in [0.5, 0.6) is 0 Å². The number of benzene rings is 1. The lowest BCUT2D eigenvalue weighted by molar-refractivity contribution is -0.124. The van der Waals surface area contributed by atoms with Gasteiger partial charge in [0.1, 0.15) is 17.4 Å². The van der Waals surface area contributed by atoms with Crippen molar-refractivity contribution in [1.82, 2.24) is 10.3 Å². The summed E-state index contributed by atoms with van der Waals surface area (Å²) in [5, 5.41) is 2.79. The Morgan fingerprint density at radius 2 is 1.86 bits per heavy atom. The van der Waals surface area contributed by atoms with Gasteiger partial charge in [-0.05, 0) is 71.9 Å². The van der Waals surface area contributed by atoms with Crippen LogP contribution < -0.4 is 5.32 Å². The summed E-state index contributed by atoms with van der Waals surface area (Å²) < 4.78 is 0.798. The van der Waals surface area contributed by atoms with Crippen molar-refractivity contribution in [3.63, 3.8) is 0 Å². The molecule has 0 bridgehead atoms. The minimum atomic E-state index is -0.672. The zero-order valence-electron chi connectivity index (χ0n) is 16.2. The smallest absolute Gasteiger partial charge is 0.269 e. The maximum Gasteiger partial charge on any atom is 0.269 e. The van der Waals surface area contributed by atoms with Crippen LogP contribution in [0.15, 0.2) is 34.9 Å². The lowest BCUT2D eigenvalue weighted by atomic mass is 9.86. The van der Waals surface area contributed by atoms with Gasteiger partial charge in [0.15, 0.2) is 5.78 Å². The highest BCUT2D eigenvalue weighted by atomic mass is 79.9. The number of ketones is 2. The number of aromatic nitrogens is 1. The van der Waals surface area contributed by atoms with Gasteiger partial charge in [0.2, 0.25) is 0 Å². The zero-order chi connectivity index (χ0) is 20.4. The van der Waals surface area contributed by atoms with Crippen molar-refractivity contribution in [3.05, 3.63) is 62.9 Å². The second kappa shape index (κ2) is 8.35. The van der Waals surface area contributed by atoms with Crippen LogP contribution in [0.25, 0.3) is 0 Å². The molecule has 1 N–H and O–H groups in total. The van der Waals surface area contributed by atoms with E-state index in [0.717, 1.165) is 26.7 Å². The van der Waals surface area contributed by atoms with Gasteiger partial charge in [0.25, 0.3) is 5.91 Å². The fourth-order valence-electron chi connectivity index (χ4n) is 4.01. The lowest BCUT2D eigenvalue weighted by Crippen LogP contribution is -2.28. The molecule has 1 aromatic carbocycles. The number of aryl methyl sites for hydroxylation is 3. The van der Waals surface area contributed by atoms with Crippen LogP contribution in [0.1, 0.15) is 51.5 Å². The van der Waals surface area contributed by atoms with Gasteiger partial charge in [-0.15, -0.1) is 0 Å². The van der Waals surface area contributed by atoms with Crippen molar-refractivity contribution in [2.24, 2.45) is 5.92 Å². The number of carbonyl (C=O) groups excluding carboxylic acids is 3. The molecule has 1 saturated carbocycles. The molecule has 6 heteroatoms. The predicted molar refractivity (Wildman–Crippen MR) is 110 cm³/mol. The summed E-state index contributed by atoms with van der Waals surface area (Å²) in [6.45, 7) is 6.25. The summed E-state index contributed by atoms with van der Waals surface area (Å²) in [7, 11) is 0. The Bertz CT molecular complexity index is 914. The van der Waals surface area contributed by atoms with Crippen LogP contribution >= 0.6 is 15.9 Å². The average molecular weight is 443 g/mol. The Labute approximate surface area is 173 Å². The molecule has 0 aliphatic heterocycles. The first-order chi connectivity index (χ1) is 13.3. The van der Waals surface area contributed by atoms with Crippen molar-refractivity contribution in [1.29, 1.82) is 0 Å². The fraction of sp³-hybridized carbons (Fsp3) is 0.364. The summed E-state index contributed by atoms with van der Waals surface area (Å²) in [4.78, 5) is 41.7. The molecule has 1 aliphatic carbocycles. The number of hydrogen-bond donors (Lipinski definition) is 1. The fourth-order valence-corrected chi connectivity index (χ4v) is 4.24. The van der Waals surface area contributed by atoms with Crippen molar-refractivity contribution in [2.75, 3.05) is 6.54 Å². The third kappa shape index (κ3) is 4.22. The van der Waals surface area contributed by atoms with Gasteiger partial charge in [-0.3, -0.25) is 14.4 Å². The van der Waals surface area contributed by atoms with Gasteiger partial charge in [0.05, 0.1) is 0 Å². The molecule has 5 nitrogen and oxygen atoms in total. The largest absolute Gasteiger partial charge is 0.351 e. The number of pyridine rings is 1. The minimum Gasteiger partial charge on any atom is -0.351 e. The number of nitrogens with one attached hydrogen (secondary N) is 1. The van der Waals surface area contributed by atoms with Gasteiger partial charge in [-0.25, -0.2) is 4.98 Å². The normalized spacial score (nSPS) is 19.1. The molecule has 0 spiro atoms. The van der Waals surface area contributed by atoms with E-state index in [4.69, 9.17) is 0 Å². The van der Waals surface area contributed by atoms with E-state index >= 15 is 0 Å². The van der Waals surface area contributed by atoms with Crippen molar-refractivity contribution < 1.29 is 14.4 Å². The van der Waals surface area contributed by atoms with Crippen molar-refractivity contribution in [3.8, 4) is 0 Å². The van der Waals surface area contributed by atoms with Crippen LogP contribution in [0.3, 0.4) is 0 Å². The Balaban J connectivity index is 1.64. The third-order valence-corrected chi connectivity index (χ3v) is 5.69. The maximum absolute atomic E-state index is 12.9. The van der Waals surface area contributed by atoms with Gasteiger partial charge in [-0.2, -0.15) is 0 Å². The molecule has 0 radical (unpaired) electrons. The quantitative estimate of drug-likeness (QED) is 0.713. The van der Waals surface area contributed by atoms with Crippen LogP contribution in [0, 0.1) is 26.7 Å². The molecule has 146 valence electrons. The number of hydrogen-bond acceptors (Lipinski definition) is 4. The number of rotatable bonds is 5. The predicted octanol–water partition coefficient (Wildman–Crippen LogP) is 3.83. The first-order valence-electron chi connectivity index (χ1n) is 9.32. The third-order valence-electron chi connectivity index (χ3n) is 5.22. The molecule has 0 saturated heterocycles. The topological polar surface area (TPSA) is 76.1 Å². The second-order valence-corrected chi connectivity index (χ2v) is 8.34. The Morgan fingerprint density at radius 1 is 1.18 bits per heavy atom. The molecule has 1 unspecified atom stereocenters. The van der Waals surface area contributed by atoms with Gasteiger partial charge < -0.3 is 5.32 Å². The van der Waals surface area contributed by atoms with Gasteiger partial charge >= 0.3 is 0 Å². The number of carbonyl (C=O) groups is 3. The molecular formula is C22H23BrN2O3. The van der Waals surface area contributed by atoms with Crippen LogP contribution in [-0.4, -0.2) is 29.0 Å². The summed E-state index contributed by atoms with van der Waals surface area (Å²) >= 11 is 3.28. The molecule has 1 aliphatic rings. The summed E-state index contributed by atoms with van der Waals surface area (Å²) in [5.74, 6) is -1.36. The molecule has 3 rings (SSSR count). The monoisotopic (exact) mass is 442 g/mol. The first kappa shape index (κ1) is 20.4. The van der Waals surface area contributed by atoms with Gasteiger partial charge in [-0.1, -0.05) is 17.7 Å². The second-order valence-electron chi connectivity index (χ2n) is 7.42. The molecular weight excluding hydrogens is 420 g/mol. The number of Topliss-reactive ketones (excluding diaryl/α,β-unsaturated/α-hetero) is 2. The van der Waals surface area contributed by atoms with Crippen LogP contribution in [0.2, 0.25) is 0 Å². The SMILES string of the molecule is Cc1cc(C)c(C2C(=O)C[C@H](CCNC(=O)c3ccc(Br)cn3)C2=O)c(C)c1. The van der Waals surface area contributed by atoms with E-state index < -0.39 is 5.92 Å². The van der Waals surface area contributed by atoms with E-state index in [0.29, 0.717) is 18.7 Å². The van der Waals surface area contributed by atoms with Crippen LogP contribution in [0.4, 0.5) is 0 Å². The highest BCUT2D eigenvalue weighted by Gasteiger charge is 2.42. The molecule has 1 aromatic heterocycles. The van der Waals surface area contributed by atoms with E-state index in [1.54, 1.807) is 18.3 Å². The maximum atomic E-state index is 12.9. The minimum absolute atomic E-state index is 0.0223. The van der Waals surface area contributed by atoms with E-state index in [9.17, 15) is 14.4 Å². The molecule has 1 amide bonds. The van der Waals surface area contributed by atoms with E-state index in [1.807, 2.05) is 32.9 Å². The van der Waals surface area contributed by atoms with Crippen LogP contribution in [-0.2, 0) is 9.59 Å².